The van der Waals surface area contributed by atoms with Gasteiger partial charge < -0.3 is 10.2 Å². The van der Waals surface area contributed by atoms with E-state index in [-0.39, 0.29) is 29.9 Å². The van der Waals surface area contributed by atoms with Gasteiger partial charge in [-0.3, -0.25) is 14.6 Å². The molecule has 0 bridgehead atoms. The van der Waals surface area contributed by atoms with Gasteiger partial charge in [0.15, 0.2) is 0 Å². The summed E-state index contributed by atoms with van der Waals surface area (Å²) in [6.07, 6.45) is 7.38. The maximum atomic E-state index is 13.3. The Hall–Kier alpha value is -3.48. The van der Waals surface area contributed by atoms with Gasteiger partial charge in [-0.1, -0.05) is 19.3 Å². The number of urea groups is 1. The summed E-state index contributed by atoms with van der Waals surface area (Å²) in [7, 11) is -5.56. The van der Waals surface area contributed by atoms with Crippen molar-refractivity contribution < 1.29 is 36.0 Å². The van der Waals surface area contributed by atoms with E-state index in [0.29, 0.717) is 18.4 Å². The van der Waals surface area contributed by atoms with Gasteiger partial charge in [0.1, 0.15) is 11.2 Å². The Labute approximate surface area is 216 Å². The zero-order chi connectivity index (χ0) is 27.3. The van der Waals surface area contributed by atoms with Gasteiger partial charge in [0.2, 0.25) is 0 Å². The average Bonchev–Trinajstić information content (AvgIpc) is 3.66. The first-order valence-electron chi connectivity index (χ1n) is 12.3. The number of halogens is 3. The van der Waals surface area contributed by atoms with Crippen LogP contribution in [-0.4, -0.2) is 53.2 Å². The minimum absolute atomic E-state index is 0.0217. The Morgan fingerprint density at radius 3 is 2.32 bits per heavy atom. The van der Waals surface area contributed by atoms with Gasteiger partial charge in [-0.2, -0.15) is 13.2 Å². The second-order valence-electron chi connectivity index (χ2n) is 9.84. The lowest BCUT2D eigenvalue weighted by molar-refractivity contribution is -0.120. The van der Waals surface area contributed by atoms with Crippen molar-refractivity contribution in [1.82, 2.24) is 15.2 Å². The maximum Gasteiger partial charge on any atom is 0.501 e. The van der Waals surface area contributed by atoms with Crippen LogP contribution in [0, 0.1) is 0 Å². The molecule has 9 nitrogen and oxygen atoms in total. The van der Waals surface area contributed by atoms with Crippen molar-refractivity contribution in [3.8, 4) is 0 Å². The van der Waals surface area contributed by atoms with E-state index in [2.05, 4.69) is 10.3 Å². The summed E-state index contributed by atoms with van der Waals surface area (Å²) in [6, 6.07) is 6.10. The summed E-state index contributed by atoms with van der Waals surface area (Å²) >= 11 is 0. The highest BCUT2D eigenvalue weighted by Gasteiger charge is 2.65. The van der Waals surface area contributed by atoms with Crippen molar-refractivity contribution in [2.24, 2.45) is 0 Å². The Bertz CT molecular complexity index is 1380. The number of nitrogens with zero attached hydrogens (tertiary/aromatic N) is 3. The van der Waals surface area contributed by atoms with E-state index in [1.165, 1.54) is 11.1 Å². The fraction of sp³-hybridized carbons (Fsp3) is 0.440. The number of sulfone groups is 1. The number of nitrogens with one attached hydrogen (secondary N) is 1. The standard InChI is InChI=1S/C25H25F3N4O5S/c26-25(27,28)38(36,37)19-8-6-18(7-9-19)32-22(34)24(11-12-24)31(23(32)35)15-16-10-13-29-20(14-16)21(33)30-17-4-2-1-3-5-17/h6-10,13-14,17H,1-5,11-12,15H2,(H,30,33). The highest BCUT2D eigenvalue weighted by molar-refractivity contribution is 7.92. The average molecular weight is 551 g/mol. The number of rotatable bonds is 6. The molecule has 0 radical (unpaired) electrons. The normalized spacial score (nSPS) is 19.8. The van der Waals surface area contributed by atoms with Crippen LogP contribution in [0.15, 0.2) is 47.5 Å². The first-order chi connectivity index (χ1) is 17.9. The number of hydrogen-bond donors (Lipinski definition) is 1. The number of alkyl halides is 3. The Balaban J connectivity index is 1.34. The molecule has 4 amide bonds. The van der Waals surface area contributed by atoms with E-state index in [9.17, 15) is 36.0 Å². The highest BCUT2D eigenvalue weighted by atomic mass is 32.2. The first-order valence-corrected chi connectivity index (χ1v) is 13.8. The Morgan fingerprint density at radius 2 is 1.71 bits per heavy atom. The molecule has 1 aromatic heterocycles. The lowest BCUT2D eigenvalue weighted by Crippen LogP contribution is -2.37. The molecule has 1 spiro atoms. The van der Waals surface area contributed by atoms with Crippen molar-refractivity contribution in [1.29, 1.82) is 0 Å². The topological polar surface area (TPSA) is 117 Å². The van der Waals surface area contributed by atoms with Gasteiger partial charge in [0.05, 0.1) is 10.6 Å². The van der Waals surface area contributed by atoms with Gasteiger partial charge in [0, 0.05) is 18.8 Å². The third kappa shape index (κ3) is 4.52. The number of carbonyl (C=O) groups is 3. The molecule has 202 valence electrons. The summed E-state index contributed by atoms with van der Waals surface area (Å²) in [6.45, 7) is 0.0217. The molecule has 1 N–H and O–H groups in total. The largest absolute Gasteiger partial charge is 0.501 e. The number of benzene rings is 1. The molecule has 1 aliphatic heterocycles. The van der Waals surface area contributed by atoms with Gasteiger partial charge in [-0.05, 0) is 67.6 Å². The summed E-state index contributed by atoms with van der Waals surface area (Å²) in [5.74, 6) is -0.836. The van der Waals surface area contributed by atoms with Gasteiger partial charge in [0.25, 0.3) is 21.7 Å². The zero-order valence-electron chi connectivity index (χ0n) is 20.2. The van der Waals surface area contributed by atoms with Crippen molar-refractivity contribution in [3.05, 3.63) is 53.9 Å². The SMILES string of the molecule is O=C(NC1CCCCC1)c1cc(CN2C(=O)N(c3ccc(S(=O)(=O)C(F)(F)F)cc3)C(=O)C23CC3)ccn1. The van der Waals surface area contributed by atoms with E-state index in [1.807, 2.05) is 0 Å². The predicted octanol–water partition coefficient (Wildman–Crippen LogP) is 3.94. The van der Waals surface area contributed by atoms with E-state index in [0.717, 1.165) is 61.3 Å². The van der Waals surface area contributed by atoms with Crippen LogP contribution in [-0.2, 0) is 21.2 Å². The van der Waals surface area contributed by atoms with Crippen LogP contribution in [0.2, 0.25) is 0 Å². The van der Waals surface area contributed by atoms with Crippen LogP contribution in [0.25, 0.3) is 0 Å². The van der Waals surface area contributed by atoms with Crippen molar-refractivity contribution >= 4 is 33.4 Å². The van der Waals surface area contributed by atoms with Crippen molar-refractivity contribution in [2.75, 3.05) is 4.90 Å². The van der Waals surface area contributed by atoms with Gasteiger partial charge in [-0.25, -0.2) is 18.1 Å². The minimum atomic E-state index is -5.56. The van der Waals surface area contributed by atoms with Crippen LogP contribution >= 0.6 is 0 Å². The molecule has 0 atom stereocenters. The van der Waals surface area contributed by atoms with E-state index in [4.69, 9.17) is 0 Å². The molecule has 0 unspecified atom stereocenters. The minimum Gasteiger partial charge on any atom is -0.348 e. The number of hydrogen-bond acceptors (Lipinski definition) is 6. The van der Waals surface area contributed by atoms with Gasteiger partial charge >= 0.3 is 11.5 Å². The molecule has 2 aliphatic carbocycles. The summed E-state index contributed by atoms with van der Waals surface area (Å²) in [5.41, 5.74) is -5.79. The second-order valence-corrected chi connectivity index (χ2v) is 11.8. The molecule has 5 rings (SSSR count). The summed E-state index contributed by atoms with van der Waals surface area (Å²) < 4.78 is 61.9. The van der Waals surface area contributed by atoms with E-state index in [1.54, 1.807) is 12.1 Å². The number of carbonyl (C=O) groups excluding carboxylic acids is 3. The van der Waals surface area contributed by atoms with Crippen LogP contribution < -0.4 is 10.2 Å². The smallest absolute Gasteiger partial charge is 0.348 e. The van der Waals surface area contributed by atoms with E-state index >= 15 is 0 Å². The maximum absolute atomic E-state index is 13.3. The third-order valence-corrected chi connectivity index (χ3v) is 8.81. The van der Waals surface area contributed by atoms with Crippen molar-refractivity contribution in [2.45, 2.75) is 73.5 Å². The molecule has 1 aromatic carbocycles. The zero-order valence-corrected chi connectivity index (χ0v) is 21.0. The quantitative estimate of drug-likeness (QED) is 0.545. The lowest BCUT2D eigenvalue weighted by Gasteiger charge is -2.23. The molecule has 3 fully saturated rings. The molecular formula is C25H25F3N4O5S. The molecular weight excluding hydrogens is 525 g/mol. The fourth-order valence-corrected chi connectivity index (χ4v) is 5.82. The molecule has 38 heavy (non-hydrogen) atoms. The van der Waals surface area contributed by atoms with Crippen LogP contribution in [0.5, 0.6) is 0 Å². The molecule has 13 heteroatoms. The van der Waals surface area contributed by atoms with Crippen LogP contribution in [0.4, 0.5) is 23.7 Å². The highest BCUT2D eigenvalue weighted by Crippen LogP contribution is 2.49. The molecule has 3 aliphatic rings. The number of aromatic nitrogens is 1. The summed E-state index contributed by atoms with van der Waals surface area (Å²) in [4.78, 5) is 44.7. The lowest BCUT2D eigenvalue weighted by atomic mass is 9.95. The van der Waals surface area contributed by atoms with Crippen molar-refractivity contribution in [3.63, 3.8) is 0 Å². The van der Waals surface area contributed by atoms with E-state index < -0.39 is 37.7 Å². The van der Waals surface area contributed by atoms with Crippen LogP contribution in [0.3, 0.4) is 0 Å². The molecule has 2 saturated carbocycles. The molecule has 1 saturated heterocycles. The predicted molar refractivity (Wildman–Crippen MR) is 129 cm³/mol. The number of amides is 4. The molecule has 2 heterocycles. The summed E-state index contributed by atoms with van der Waals surface area (Å²) in [5, 5.41) is 3.00. The number of anilines is 1. The monoisotopic (exact) mass is 550 g/mol. The molecule has 2 aromatic rings. The fourth-order valence-electron chi connectivity index (χ4n) is 5.06. The Morgan fingerprint density at radius 1 is 1.05 bits per heavy atom. The van der Waals surface area contributed by atoms with Crippen LogP contribution in [0.1, 0.15) is 61.0 Å². The number of pyridine rings is 1. The second kappa shape index (κ2) is 9.37. The van der Waals surface area contributed by atoms with Gasteiger partial charge in [-0.15, -0.1) is 0 Å². The first kappa shape index (κ1) is 26.1. The number of imide groups is 1. The Kier molecular flexibility index (Phi) is 6.44. The third-order valence-electron chi connectivity index (χ3n) is 7.31.